The molecular formula is C25H29N5O4S2. The molecule has 0 bridgehead atoms. The smallest absolute Gasteiger partial charge is 0.243 e. The summed E-state index contributed by atoms with van der Waals surface area (Å²) in [5, 5.41) is 11.9. The Morgan fingerprint density at radius 3 is 2.33 bits per heavy atom. The second-order valence-corrected chi connectivity index (χ2v) is 11.4. The Bertz CT molecular complexity index is 1300. The van der Waals surface area contributed by atoms with Gasteiger partial charge in [0.15, 0.2) is 10.9 Å². The van der Waals surface area contributed by atoms with Gasteiger partial charge in [0, 0.05) is 44.2 Å². The van der Waals surface area contributed by atoms with Crippen molar-refractivity contribution >= 4 is 33.5 Å². The molecule has 11 heteroatoms. The van der Waals surface area contributed by atoms with Crippen molar-refractivity contribution in [1.82, 2.24) is 24.4 Å². The van der Waals surface area contributed by atoms with Crippen LogP contribution < -0.4 is 5.32 Å². The molecule has 0 unspecified atom stereocenters. The first-order chi connectivity index (χ1) is 17.4. The number of nitrogens with one attached hydrogen (secondary N) is 1. The molecule has 2 heterocycles. The number of rotatable bonds is 10. The lowest BCUT2D eigenvalue weighted by Gasteiger charge is -2.25. The van der Waals surface area contributed by atoms with Gasteiger partial charge in [-0.05, 0) is 37.1 Å². The topological polar surface area (TPSA) is 114 Å². The van der Waals surface area contributed by atoms with E-state index >= 15 is 0 Å². The Balaban J connectivity index is 1.46. The highest BCUT2D eigenvalue weighted by molar-refractivity contribution is 7.99. The van der Waals surface area contributed by atoms with Gasteiger partial charge in [-0.1, -0.05) is 48.5 Å². The van der Waals surface area contributed by atoms with E-state index < -0.39 is 10.0 Å². The maximum Gasteiger partial charge on any atom is 0.243 e. The molecule has 0 radical (unpaired) electrons. The van der Waals surface area contributed by atoms with Crippen LogP contribution in [0.2, 0.25) is 0 Å². The van der Waals surface area contributed by atoms with E-state index in [4.69, 9.17) is 0 Å². The molecule has 0 spiro atoms. The standard InChI is InChI=1S/C25H29N5O4S2/c1-19(31)26-15-14-24-27-28-25(30(24)21-8-4-2-5-9-21)35-18-23(32)20-10-12-22(13-11-20)36(33,34)29-16-6-3-7-17-29/h2,4-5,8-13H,3,6-7,14-18H2,1H3,(H,26,31). The number of piperidine rings is 1. The van der Waals surface area contributed by atoms with E-state index in [0.717, 1.165) is 24.9 Å². The van der Waals surface area contributed by atoms with Crippen molar-refractivity contribution in [2.24, 2.45) is 0 Å². The number of ketones is 1. The summed E-state index contributed by atoms with van der Waals surface area (Å²) >= 11 is 1.26. The van der Waals surface area contributed by atoms with Crippen LogP contribution in [-0.2, 0) is 21.2 Å². The molecule has 0 aliphatic carbocycles. The summed E-state index contributed by atoms with van der Waals surface area (Å²) < 4.78 is 29.1. The molecule has 190 valence electrons. The molecule has 4 rings (SSSR count). The molecule has 9 nitrogen and oxygen atoms in total. The zero-order valence-electron chi connectivity index (χ0n) is 20.1. The molecule has 1 aliphatic rings. The van der Waals surface area contributed by atoms with Gasteiger partial charge in [-0.25, -0.2) is 8.42 Å². The van der Waals surface area contributed by atoms with Crippen LogP contribution >= 0.6 is 11.8 Å². The van der Waals surface area contributed by atoms with Gasteiger partial charge in [0.1, 0.15) is 5.82 Å². The Morgan fingerprint density at radius 2 is 1.67 bits per heavy atom. The number of hydrogen-bond donors (Lipinski definition) is 1. The molecule has 0 atom stereocenters. The third kappa shape index (κ3) is 6.21. The van der Waals surface area contributed by atoms with Crippen molar-refractivity contribution < 1.29 is 18.0 Å². The van der Waals surface area contributed by atoms with Gasteiger partial charge in [0.05, 0.1) is 10.6 Å². The zero-order chi connectivity index (χ0) is 25.5. The molecule has 0 saturated carbocycles. The molecule has 36 heavy (non-hydrogen) atoms. The van der Waals surface area contributed by atoms with Crippen molar-refractivity contribution in [3.63, 3.8) is 0 Å². The molecule has 1 aromatic heterocycles. The number of thioether (sulfide) groups is 1. The van der Waals surface area contributed by atoms with Crippen LogP contribution in [0.25, 0.3) is 5.69 Å². The summed E-state index contributed by atoms with van der Waals surface area (Å²) in [5.74, 6) is 0.548. The van der Waals surface area contributed by atoms with Gasteiger partial charge in [0.25, 0.3) is 0 Å². The van der Waals surface area contributed by atoms with Gasteiger partial charge < -0.3 is 5.32 Å². The number of benzene rings is 2. The van der Waals surface area contributed by atoms with Crippen LogP contribution in [-0.4, -0.2) is 64.6 Å². The summed E-state index contributed by atoms with van der Waals surface area (Å²) in [6.45, 7) is 2.96. The lowest BCUT2D eigenvalue weighted by atomic mass is 10.1. The highest BCUT2D eigenvalue weighted by Gasteiger charge is 2.26. The molecule has 1 amide bonds. The van der Waals surface area contributed by atoms with Crippen LogP contribution in [0, 0.1) is 0 Å². The average molecular weight is 528 g/mol. The SMILES string of the molecule is CC(=O)NCCc1nnc(SCC(=O)c2ccc(S(=O)(=O)N3CCCCC3)cc2)n1-c1ccccc1. The number of carbonyl (C=O) groups is 2. The molecular weight excluding hydrogens is 498 g/mol. The number of nitrogens with zero attached hydrogens (tertiary/aromatic N) is 4. The summed E-state index contributed by atoms with van der Waals surface area (Å²) in [4.78, 5) is 24.3. The summed E-state index contributed by atoms with van der Waals surface area (Å²) in [6, 6.07) is 15.7. The van der Waals surface area contributed by atoms with E-state index in [9.17, 15) is 18.0 Å². The molecule has 1 fully saturated rings. The van der Waals surface area contributed by atoms with E-state index in [0.29, 0.717) is 42.6 Å². The molecule has 3 aromatic rings. The summed E-state index contributed by atoms with van der Waals surface area (Å²) in [5.41, 5.74) is 1.30. The Kier molecular flexibility index (Phi) is 8.55. The van der Waals surface area contributed by atoms with E-state index in [1.54, 1.807) is 12.1 Å². The molecule has 2 aromatic carbocycles. The average Bonchev–Trinajstić information content (AvgIpc) is 3.30. The lowest BCUT2D eigenvalue weighted by molar-refractivity contribution is -0.118. The first-order valence-electron chi connectivity index (χ1n) is 11.9. The monoisotopic (exact) mass is 527 g/mol. The van der Waals surface area contributed by atoms with Gasteiger partial charge in [0.2, 0.25) is 15.9 Å². The van der Waals surface area contributed by atoms with Gasteiger partial charge >= 0.3 is 0 Å². The first-order valence-corrected chi connectivity index (χ1v) is 14.3. The van der Waals surface area contributed by atoms with Gasteiger partial charge in [-0.2, -0.15) is 4.31 Å². The Morgan fingerprint density at radius 1 is 0.972 bits per heavy atom. The van der Waals surface area contributed by atoms with Gasteiger partial charge in [-0.3, -0.25) is 14.2 Å². The quantitative estimate of drug-likeness (QED) is 0.318. The summed E-state index contributed by atoms with van der Waals surface area (Å²) in [6.07, 6.45) is 3.28. The van der Waals surface area contributed by atoms with Crippen LogP contribution in [0.1, 0.15) is 42.4 Å². The third-order valence-corrected chi connectivity index (χ3v) is 8.74. The fourth-order valence-corrected chi connectivity index (χ4v) is 6.41. The highest BCUT2D eigenvalue weighted by atomic mass is 32.2. The van der Waals surface area contributed by atoms with Crippen molar-refractivity contribution in [3.8, 4) is 5.69 Å². The van der Waals surface area contributed by atoms with E-state index in [-0.39, 0.29) is 22.3 Å². The number of sulfonamides is 1. The first kappa shape index (κ1) is 26.1. The maximum atomic E-state index is 12.9. The zero-order valence-corrected chi connectivity index (χ0v) is 21.7. The predicted molar refractivity (Wildman–Crippen MR) is 138 cm³/mol. The Labute approximate surface area is 215 Å². The van der Waals surface area contributed by atoms with Crippen molar-refractivity contribution in [2.75, 3.05) is 25.4 Å². The Hall–Kier alpha value is -3.02. The molecule has 1 saturated heterocycles. The van der Waals surface area contributed by atoms with Gasteiger partial charge in [-0.15, -0.1) is 10.2 Å². The van der Waals surface area contributed by atoms with Crippen LogP contribution in [0.3, 0.4) is 0 Å². The lowest BCUT2D eigenvalue weighted by Crippen LogP contribution is -2.35. The minimum atomic E-state index is -3.54. The molecule has 1 N–H and O–H groups in total. The van der Waals surface area contributed by atoms with E-state index in [1.807, 2.05) is 34.9 Å². The number of Topliss-reactive ketones (excluding diaryl/α,β-unsaturated/α-hetero) is 1. The predicted octanol–water partition coefficient (Wildman–Crippen LogP) is 3.10. The number of carbonyl (C=O) groups excluding carboxylic acids is 2. The van der Waals surface area contributed by atoms with Crippen LogP contribution in [0.4, 0.5) is 0 Å². The van der Waals surface area contributed by atoms with Crippen LogP contribution in [0.5, 0.6) is 0 Å². The summed E-state index contributed by atoms with van der Waals surface area (Å²) in [7, 11) is -3.54. The fraction of sp³-hybridized carbons (Fsp3) is 0.360. The number of hydrogen-bond acceptors (Lipinski definition) is 7. The fourth-order valence-electron chi connectivity index (χ4n) is 4.02. The maximum absolute atomic E-state index is 12.9. The van der Waals surface area contributed by atoms with Crippen molar-refractivity contribution in [1.29, 1.82) is 0 Å². The second kappa shape index (κ2) is 11.8. The molecule has 1 aliphatic heterocycles. The second-order valence-electron chi connectivity index (χ2n) is 8.50. The van der Waals surface area contributed by atoms with E-state index in [1.165, 1.54) is 35.1 Å². The largest absolute Gasteiger partial charge is 0.356 e. The minimum absolute atomic E-state index is 0.115. The van der Waals surface area contributed by atoms with Crippen molar-refractivity contribution in [2.45, 2.75) is 42.7 Å². The number of amides is 1. The van der Waals surface area contributed by atoms with Crippen LogP contribution in [0.15, 0.2) is 64.6 Å². The third-order valence-electron chi connectivity index (χ3n) is 5.90. The minimum Gasteiger partial charge on any atom is -0.356 e. The highest BCUT2D eigenvalue weighted by Crippen LogP contribution is 2.24. The number of para-hydroxylation sites is 1. The normalized spacial score (nSPS) is 14.5. The van der Waals surface area contributed by atoms with Crippen molar-refractivity contribution in [3.05, 3.63) is 66.0 Å². The van der Waals surface area contributed by atoms with E-state index in [2.05, 4.69) is 15.5 Å². The number of aromatic nitrogens is 3.